The maximum absolute atomic E-state index is 13.8. The Kier molecular flexibility index (Phi) is 8.25. The summed E-state index contributed by atoms with van der Waals surface area (Å²) in [6.45, 7) is 3.78. The Morgan fingerprint density at radius 3 is 2.70 bits per heavy atom. The molecule has 0 aromatic heterocycles. The van der Waals surface area contributed by atoms with Crippen LogP contribution in [0.25, 0.3) is 5.57 Å². The number of nitrogens with one attached hydrogen (secondary N) is 1. The summed E-state index contributed by atoms with van der Waals surface area (Å²) in [6, 6.07) is 9.48. The summed E-state index contributed by atoms with van der Waals surface area (Å²) in [5.41, 5.74) is 2.69. The molecule has 0 saturated carbocycles. The average molecular weight is 572 g/mol. The molecule has 0 radical (unpaired) electrons. The molecule has 2 amide bonds. The third-order valence-corrected chi connectivity index (χ3v) is 9.77. The maximum Gasteiger partial charge on any atom is 0.321 e. The molecule has 0 fully saturated rings. The lowest BCUT2D eigenvalue weighted by Gasteiger charge is -2.37. The largest absolute Gasteiger partial charge is 0.487 e. The van der Waals surface area contributed by atoms with Crippen LogP contribution >= 0.6 is 0 Å². The van der Waals surface area contributed by atoms with Crippen molar-refractivity contribution in [3.63, 3.8) is 0 Å². The third-order valence-electron chi connectivity index (χ3n) is 7.75. The number of rotatable bonds is 6. The first-order valence-electron chi connectivity index (χ1n) is 13.7. The van der Waals surface area contributed by atoms with E-state index in [9.17, 15) is 18.3 Å². The molecule has 3 atom stereocenters. The highest BCUT2D eigenvalue weighted by Gasteiger charge is 2.38. The Balaban J connectivity index is 1.42. The van der Waals surface area contributed by atoms with Crippen LogP contribution < -0.4 is 19.5 Å². The van der Waals surface area contributed by atoms with Gasteiger partial charge in [-0.2, -0.15) is 4.31 Å². The Hall–Kier alpha value is -3.28. The van der Waals surface area contributed by atoms with Crippen molar-refractivity contribution in [2.75, 3.05) is 38.9 Å². The number of carbonyl (C=O) groups is 1. The summed E-state index contributed by atoms with van der Waals surface area (Å²) in [4.78, 5) is 14.7. The van der Waals surface area contributed by atoms with E-state index in [0.717, 1.165) is 31.2 Å². The number of hydrogen-bond donors (Lipinski definition) is 2. The van der Waals surface area contributed by atoms with E-state index in [0.29, 0.717) is 17.2 Å². The molecule has 0 saturated heterocycles. The number of ether oxygens (including phenoxy) is 3. The van der Waals surface area contributed by atoms with Crippen LogP contribution in [-0.4, -0.2) is 74.4 Å². The molecule has 0 bridgehead atoms. The molecule has 0 unspecified atom stereocenters. The van der Waals surface area contributed by atoms with E-state index in [1.807, 2.05) is 19.1 Å². The lowest BCUT2D eigenvalue weighted by molar-refractivity contribution is 0.0830. The van der Waals surface area contributed by atoms with Crippen LogP contribution in [0.3, 0.4) is 0 Å². The van der Waals surface area contributed by atoms with E-state index in [4.69, 9.17) is 14.2 Å². The van der Waals surface area contributed by atoms with Crippen LogP contribution in [0.2, 0.25) is 0 Å². The van der Waals surface area contributed by atoms with Crippen LogP contribution in [0.5, 0.6) is 17.2 Å². The van der Waals surface area contributed by atoms with Crippen molar-refractivity contribution in [3.8, 4) is 17.2 Å². The van der Waals surface area contributed by atoms with Crippen molar-refractivity contribution in [1.82, 2.24) is 9.21 Å². The minimum Gasteiger partial charge on any atom is -0.487 e. The summed E-state index contributed by atoms with van der Waals surface area (Å²) in [6.07, 6.45) is 5.86. The summed E-state index contributed by atoms with van der Waals surface area (Å²) in [7, 11) is -2.26. The molecular formula is C29H37N3O7S. The Labute approximate surface area is 235 Å². The van der Waals surface area contributed by atoms with E-state index >= 15 is 0 Å². The number of nitrogens with zero attached hydrogens (tertiary/aromatic N) is 2. The van der Waals surface area contributed by atoms with Gasteiger partial charge in [0.1, 0.15) is 16.7 Å². The first-order chi connectivity index (χ1) is 19.2. The molecule has 0 spiro atoms. The Bertz CT molecular complexity index is 1390. The third kappa shape index (κ3) is 5.77. The predicted octanol–water partition coefficient (Wildman–Crippen LogP) is 4.31. The average Bonchev–Trinajstić information content (AvgIpc) is 3.42. The molecule has 40 heavy (non-hydrogen) atoms. The zero-order valence-electron chi connectivity index (χ0n) is 23.1. The van der Waals surface area contributed by atoms with Gasteiger partial charge in [0.25, 0.3) is 0 Å². The number of amides is 2. The van der Waals surface area contributed by atoms with Crippen molar-refractivity contribution < 1.29 is 32.5 Å². The molecule has 2 aromatic rings. The fourth-order valence-corrected chi connectivity index (χ4v) is 7.12. The van der Waals surface area contributed by atoms with Crippen LogP contribution in [-0.2, 0) is 10.0 Å². The van der Waals surface area contributed by atoms with Gasteiger partial charge in [0, 0.05) is 37.3 Å². The van der Waals surface area contributed by atoms with E-state index < -0.39 is 22.2 Å². The highest BCUT2D eigenvalue weighted by Crippen LogP contribution is 2.38. The van der Waals surface area contributed by atoms with Crippen LogP contribution in [0.4, 0.5) is 10.5 Å². The van der Waals surface area contributed by atoms with Gasteiger partial charge >= 0.3 is 6.03 Å². The van der Waals surface area contributed by atoms with Gasteiger partial charge in [-0.05, 0) is 68.0 Å². The summed E-state index contributed by atoms with van der Waals surface area (Å²) in [5.74, 6) is 1.18. The molecule has 1 aliphatic carbocycles. The van der Waals surface area contributed by atoms with Crippen molar-refractivity contribution in [1.29, 1.82) is 0 Å². The number of likely N-dealkylation sites (N-methyl/N-ethyl adjacent to an activating group) is 1. The monoisotopic (exact) mass is 571 g/mol. The minimum absolute atomic E-state index is 0.0670. The molecule has 11 heteroatoms. The Morgan fingerprint density at radius 2 is 1.95 bits per heavy atom. The second-order valence-corrected chi connectivity index (χ2v) is 12.6. The number of anilines is 1. The zero-order chi connectivity index (χ0) is 28.4. The van der Waals surface area contributed by atoms with Gasteiger partial charge in [0.2, 0.25) is 16.8 Å². The zero-order valence-corrected chi connectivity index (χ0v) is 23.9. The van der Waals surface area contributed by atoms with Crippen LogP contribution in [0.1, 0.15) is 45.1 Å². The van der Waals surface area contributed by atoms with Crippen molar-refractivity contribution >= 4 is 27.3 Å². The molecule has 2 aromatic carbocycles. The van der Waals surface area contributed by atoms with Gasteiger partial charge in [-0.15, -0.1) is 0 Å². The fraction of sp³-hybridized carbons (Fsp3) is 0.483. The quantitative estimate of drug-likeness (QED) is 0.531. The molecule has 3 aliphatic rings. The van der Waals surface area contributed by atoms with Crippen LogP contribution in [0, 0.1) is 5.92 Å². The number of fused-ring (bicyclic) bond motifs is 2. The standard InChI is InChI=1S/C29H37N3O7S/c1-19-15-32(20(2)17-33)40(35,36)28-12-9-22(21-7-5-4-6-8-21)13-26(28)39-27(19)16-31(3)29(34)30-23-10-11-24-25(14-23)38-18-37-24/h7,9-14,19-20,27,33H,4-6,8,15-18H2,1-3H3,(H,30,34)/t19-,20+,27+/m1/s1. The number of allylic oxidation sites excluding steroid dienone is 2. The number of sulfonamides is 1. The normalized spacial score (nSPS) is 22.6. The van der Waals surface area contributed by atoms with E-state index in [1.54, 1.807) is 38.2 Å². The Morgan fingerprint density at radius 1 is 1.15 bits per heavy atom. The second kappa shape index (κ2) is 11.7. The molecule has 2 heterocycles. The maximum atomic E-state index is 13.8. The van der Waals surface area contributed by atoms with Gasteiger partial charge < -0.3 is 29.5 Å². The first kappa shape index (κ1) is 28.3. The minimum atomic E-state index is -3.93. The number of urea groups is 1. The molecule has 5 rings (SSSR count). The first-order valence-corrected chi connectivity index (χ1v) is 15.2. The molecule has 216 valence electrons. The summed E-state index contributed by atoms with van der Waals surface area (Å²) in [5, 5.41) is 12.8. The van der Waals surface area contributed by atoms with Gasteiger partial charge in [-0.3, -0.25) is 0 Å². The molecule has 10 nitrogen and oxygen atoms in total. The smallest absolute Gasteiger partial charge is 0.321 e. The van der Waals surface area contributed by atoms with Gasteiger partial charge in [-0.25, -0.2) is 13.2 Å². The van der Waals surface area contributed by atoms with Crippen molar-refractivity contribution in [2.24, 2.45) is 5.92 Å². The number of benzene rings is 2. The second-order valence-electron chi connectivity index (χ2n) is 10.8. The lowest BCUT2D eigenvalue weighted by atomic mass is 9.93. The highest BCUT2D eigenvalue weighted by molar-refractivity contribution is 7.89. The molecular weight excluding hydrogens is 534 g/mol. The highest BCUT2D eigenvalue weighted by atomic mass is 32.2. The number of carbonyl (C=O) groups excluding carboxylic acids is 1. The molecule has 2 aliphatic heterocycles. The SMILES string of the molecule is C[C@@H]1CN([C@@H](C)CO)S(=O)(=O)c2ccc(C3=CCCCC3)cc2O[C@H]1CN(C)C(=O)Nc1ccc2c(c1)OCO2. The van der Waals surface area contributed by atoms with Gasteiger partial charge in [0.05, 0.1) is 13.2 Å². The van der Waals surface area contributed by atoms with Crippen molar-refractivity contribution in [3.05, 3.63) is 48.0 Å². The molecule has 2 N–H and O–H groups in total. The predicted molar refractivity (Wildman–Crippen MR) is 151 cm³/mol. The lowest BCUT2D eigenvalue weighted by Crippen LogP contribution is -2.50. The van der Waals surface area contributed by atoms with Crippen molar-refractivity contribution in [2.45, 2.75) is 56.6 Å². The van der Waals surface area contributed by atoms with E-state index in [-0.39, 0.29) is 49.1 Å². The summed E-state index contributed by atoms with van der Waals surface area (Å²) >= 11 is 0. The topological polar surface area (TPSA) is 118 Å². The van der Waals surface area contributed by atoms with E-state index in [2.05, 4.69) is 11.4 Å². The number of aliphatic hydroxyl groups is 1. The van der Waals surface area contributed by atoms with Gasteiger partial charge in [0.15, 0.2) is 11.5 Å². The fourth-order valence-electron chi connectivity index (χ4n) is 5.29. The number of aliphatic hydroxyl groups excluding tert-OH is 1. The van der Waals surface area contributed by atoms with E-state index in [1.165, 1.54) is 14.8 Å². The van der Waals surface area contributed by atoms with Gasteiger partial charge in [-0.1, -0.05) is 19.1 Å². The summed E-state index contributed by atoms with van der Waals surface area (Å²) < 4.78 is 46.1. The number of hydrogen-bond acceptors (Lipinski definition) is 7. The van der Waals surface area contributed by atoms with Crippen LogP contribution in [0.15, 0.2) is 47.4 Å².